The number of rotatable bonds is 4. The van der Waals surface area contributed by atoms with Gasteiger partial charge in [-0.2, -0.15) is 5.10 Å². The van der Waals surface area contributed by atoms with Crippen LogP contribution in [-0.2, 0) is 6.54 Å². The van der Waals surface area contributed by atoms with Crippen molar-refractivity contribution in [2.24, 2.45) is 0 Å². The Hall–Kier alpha value is -2.86. The van der Waals surface area contributed by atoms with E-state index in [1.165, 1.54) is 12.8 Å². The third-order valence-corrected chi connectivity index (χ3v) is 5.11. The Bertz CT molecular complexity index is 967. The number of likely N-dealkylation sites (tertiary alicyclic amines) is 1. The molecule has 3 aromatic heterocycles. The molecule has 4 aromatic rings. The normalized spacial score (nSPS) is 18.5. The average Bonchev–Trinajstić information content (AvgIpc) is 3.41. The number of imidazole rings is 1. The molecule has 1 aliphatic rings. The number of hydrogen-bond acceptors (Lipinski definition) is 4. The zero-order chi connectivity index (χ0) is 17.3. The van der Waals surface area contributed by atoms with E-state index < -0.39 is 0 Å². The Morgan fingerprint density at radius 3 is 3.00 bits per heavy atom. The zero-order valence-corrected chi connectivity index (χ0v) is 14.5. The molecule has 4 heterocycles. The molecule has 0 aliphatic carbocycles. The number of aromatic nitrogens is 4. The van der Waals surface area contributed by atoms with E-state index in [9.17, 15) is 0 Å². The minimum absolute atomic E-state index is 0.443. The summed E-state index contributed by atoms with van der Waals surface area (Å²) in [6.45, 7) is 2.92. The van der Waals surface area contributed by atoms with E-state index in [0.29, 0.717) is 5.92 Å². The number of para-hydroxylation sites is 2. The van der Waals surface area contributed by atoms with Gasteiger partial charge in [0.25, 0.3) is 0 Å². The first kappa shape index (κ1) is 15.4. The predicted molar refractivity (Wildman–Crippen MR) is 99.6 cm³/mol. The Morgan fingerprint density at radius 2 is 2.12 bits per heavy atom. The van der Waals surface area contributed by atoms with Crippen LogP contribution in [0.1, 0.15) is 30.3 Å². The number of fused-ring (bicyclic) bond motifs is 1. The second-order valence-corrected chi connectivity index (χ2v) is 6.95. The van der Waals surface area contributed by atoms with Crippen molar-refractivity contribution in [2.45, 2.75) is 25.3 Å². The second-order valence-electron chi connectivity index (χ2n) is 6.95. The fourth-order valence-electron chi connectivity index (χ4n) is 3.81. The lowest BCUT2D eigenvalue weighted by molar-refractivity contribution is 0.184. The molecule has 6 nitrogen and oxygen atoms in total. The number of benzene rings is 1. The summed E-state index contributed by atoms with van der Waals surface area (Å²) in [5, 5.41) is 6.92. The molecule has 2 N–H and O–H groups in total. The van der Waals surface area contributed by atoms with Crippen LogP contribution in [0.15, 0.2) is 53.1 Å². The number of nitrogens with zero attached hydrogens (tertiary/aromatic N) is 3. The molecule has 0 saturated carbocycles. The quantitative estimate of drug-likeness (QED) is 0.587. The maximum atomic E-state index is 5.98. The van der Waals surface area contributed by atoms with Crippen LogP contribution in [0.4, 0.5) is 0 Å². The summed E-state index contributed by atoms with van der Waals surface area (Å²) in [7, 11) is 0. The minimum atomic E-state index is 0.443. The molecule has 0 amide bonds. The molecular weight excluding hydrogens is 326 g/mol. The van der Waals surface area contributed by atoms with Crippen molar-refractivity contribution >= 4 is 11.0 Å². The van der Waals surface area contributed by atoms with Crippen LogP contribution in [0.25, 0.3) is 22.5 Å². The van der Waals surface area contributed by atoms with Crippen LogP contribution in [-0.4, -0.2) is 38.2 Å². The zero-order valence-electron chi connectivity index (χ0n) is 14.5. The van der Waals surface area contributed by atoms with Crippen LogP contribution in [0, 0.1) is 0 Å². The molecular formula is C20H21N5O. The molecule has 0 spiro atoms. The van der Waals surface area contributed by atoms with Crippen molar-refractivity contribution in [3.63, 3.8) is 0 Å². The third kappa shape index (κ3) is 2.93. The monoisotopic (exact) mass is 347 g/mol. The molecule has 132 valence electrons. The first-order valence-electron chi connectivity index (χ1n) is 9.10. The van der Waals surface area contributed by atoms with Crippen LogP contribution in [0.3, 0.4) is 0 Å². The summed E-state index contributed by atoms with van der Waals surface area (Å²) >= 11 is 0. The second kappa shape index (κ2) is 6.46. The molecule has 1 fully saturated rings. The standard InChI is InChI=1S/C20H21N5O/c1-2-6-17-16(5-1)22-20(23-17)14-4-3-11-25(12-14)13-15-7-8-19(26-15)18-9-10-21-24-18/h1-2,5-10,14H,3-4,11-13H2,(H,21,24)(H,22,23)/t14-/m0/s1. The molecule has 0 radical (unpaired) electrons. The van der Waals surface area contributed by atoms with Crippen LogP contribution in [0.2, 0.25) is 0 Å². The molecule has 1 atom stereocenters. The lowest BCUT2D eigenvalue weighted by Crippen LogP contribution is -2.34. The van der Waals surface area contributed by atoms with Gasteiger partial charge in [-0.15, -0.1) is 0 Å². The molecule has 1 aromatic carbocycles. The van der Waals surface area contributed by atoms with Gasteiger partial charge in [0.1, 0.15) is 17.3 Å². The van der Waals surface area contributed by atoms with E-state index >= 15 is 0 Å². The average molecular weight is 347 g/mol. The first-order valence-corrected chi connectivity index (χ1v) is 9.10. The third-order valence-electron chi connectivity index (χ3n) is 5.11. The molecule has 0 bridgehead atoms. The first-order chi connectivity index (χ1) is 12.8. The van der Waals surface area contributed by atoms with Gasteiger partial charge in [-0.25, -0.2) is 4.98 Å². The number of furan rings is 1. The van der Waals surface area contributed by atoms with E-state index in [-0.39, 0.29) is 0 Å². The number of hydrogen-bond donors (Lipinski definition) is 2. The fraction of sp³-hybridized carbons (Fsp3) is 0.300. The molecule has 1 saturated heterocycles. The highest BCUT2D eigenvalue weighted by Crippen LogP contribution is 2.28. The molecule has 5 rings (SSSR count). The summed E-state index contributed by atoms with van der Waals surface area (Å²) in [5.41, 5.74) is 3.08. The summed E-state index contributed by atoms with van der Waals surface area (Å²) in [4.78, 5) is 10.8. The van der Waals surface area contributed by atoms with Crippen molar-refractivity contribution < 1.29 is 4.42 Å². The Morgan fingerprint density at radius 1 is 1.15 bits per heavy atom. The van der Waals surface area contributed by atoms with Crippen molar-refractivity contribution in [3.05, 3.63) is 60.2 Å². The largest absolute Gasteiger partial charge is 0.458 e. The summed E-state index contributed by atoms with van der Waals surface area (Å²) < 4.78 is 5.98. The van der Waals surface area contributed by atoms with Gasteiger partial charge in [-0.3, -0.25) is 10.00 Å². The van der Waals surface area contributed by atoms with Crippen LogP contribution in [0.5, 0.6) is 0 Å². The van der Waals surface area contributed by atoms with Gasteiger partial charge in [0.05, 0.1) is 17.6 Å². The Kier molecular flexibility index (Phi) is 3.83. The van der Waals surface area contributed by atoms with Crippen LogP contribution >= 0.6 is 0 Å². The van der Waals surface area contributed by atoms with Crippen LogP contribution < -0.4 is 0 Å². The fourth-order valence-corrected chi connectivity index (χ4v) is 3.81. The van der Waals surface area contributed by atoms with Gasteiger partial charge >= 0.3 is 0 Å². The highest BCUT2D eigenvalue weighted by Gasteiger charge is 2.24. The smallest absolute Gasteiger partial charge is 0.152 e. The van der Waals surface area contributed by atoms with Crippen molar-refractivity contribution in [1.82, 2.24) is 25.1 Å². The topological polar surface area (TPSA) is 73.7 Å². The molecule has 0 unspecified atom stereocenters. The molecule has 1 aliphatic heterocycles. The van der Waals surface area contributed by atoms with E-state index in [1.54, 1.807) is 6.20 Å². The number of nitrogens with one attached hydrogen (secondary N) is 2. The Balaban J connectivity index is 1.30. The van der Waals surface area contributed by atoms with Gasteiger partial charge in [0, 0.05) is 18.7 Å². The van der Waals surface area contributed by atoms with Gasteiger partial charge < -0.3 is 9.40 Å². The summed E-state index contributed by atoms with van der Waals surface area (Å²) in [6.07, 6.45) is 4.09. The summed E-state index contributed by atoms with van der Waals surface area (Å²) in [6, 6.07) is 14.2. The molecule has 26 heavy (non-hydrogen) atoms. The maximum Gasteiger partial charge on any atom is 0.152 e. The highest BCUT2D eigenvalue weighted by atomic mass is 16.3. The van der Waals surface area contributed by atoms with Crippen molar-refractivity contribution in [2.75, 3.05) is 13.1 Å². The summed E-state index contributed by atoms with van der Waals surface area (Å²) in [5.74, 6) is 3.37. The molecule has 6 heteroatoms. The number of H-pyrrole nitrogens is 2. The Labute approximate surface area is 151 Å². The number of piperidine rings is 1. The van der Waals surface area contributed by atoms with Gasteiger partial charge in [-0.05, 0) is 49.7 Å². The van der Waals surface area contributed by atoms with E-state index in [4.69, 9.17) is 9.40 Å². The van der Waals surface area contributed by atoms with Gasteiger partial charge in [0.2, 0.25) is 0 Å². The van der Waals surface area contributed by atoms with Crippen molar-refractivity contribution in [3.8, 4) is 11.5 Å². The minimum Gasteiger partial charge on any atom is -0.458 e. The SMILES string of the molecule is c1ccc2[nH]c([C@H]3CCCN(Cc4ccc(-c5ccn[nH]5)o4)C3)nc2c1. The predicted octanol–water partition coefficient (Wildman–Crippen LogP) is 3.93. The van der Waals surface area contributed by atoms with E-state index in [0.717, 1.165) is 53.7 Å². The highest BCUT2D eigenvalue weighted by molar-refractivity contribution is 5.74. The van der Waals surface area contributed by atoms with Crippen molar-refractivity contribution in [1.29, 1.82) is 0 Å². The van der Waals surface area contributed by atoms with Gasteiger partial charge in [-0.1, -0.05) is 12.1 Å². The number of aromatic amines is 2. The van der Waals surface area contributed by atoms with E-state index in [1.807, 2.05) is 24.3 Å². The van der Waals surface area contributed by atoms with E-state index in [2.05, 4.69) is 38.3 Å². The maximum absolute atomic E-state index is 5.98. The lowest BCUT2D eigenvalue weighted by atomic mass is 9.97. The van der Waals surface area contributed by atoms with Gasteiger partial charge in [0.15, 0.2) is 5.76 Å². The lowest BCUT2D eigenvalue weighted by Gasteiger charge is -2.31.